The predicted molar refractivity (Wildman–Crippen MR) is 197 cm³/mol. The van der Waals surface area contributed by atoms with E-state index in [1.807, 2.05) is 0 Å². The van der Waals surface area contributed by atoms with Crippen LogP contribution in [0.2, 0.25) is 0 Å². The Morgan fingerprint density at radius 1 is 0.261 bits per heavy atom. The summed E-state index contributed by atoms with van der Waals surface area (Å²) >= 11 is 0. The van der Waals surface area contributed by atoms with E-state index in [1.54, 1.807) is 25.7 Å². The molecule has 0 bridgehead atoms. The normalized spacial score (nSPS) is 50.6. The summed E-state index contributed by atoms with van der Waals surface area (Å²) in [6, 6.07) is 5.29. The van der Waals surface area contributed by atoms with Gasteiger partial charge in [-0.05, 0) is 188 Å². The number of hydrogen-bond donors (Lipinski definition) is 0. The first-order valence-electron chi connectivity index (χ1n) is 21.8. The van der Waals surface area contributed by atoms with Crippen LogP contribution in [0.3, 0.4) is 0 Å². The van der Waals surface area contributed by atoms with Gasteiger partial charge in [-0.15, -0.1) is 0 Å². The summed E-state index contributed by atoms with van der Waals surface area (Å²) in [6.07, 6.45) is 33.1. The molecule has 0 aromatic rings. The zero-order valence-corrected chi connectivity index (χ0v) is 31.7. The van der Waals surface area contributed by atoms with Gasteiger partial charge in [-0.1, -0.05) is 54.4 Å². The molecule has 8 atom stereocenters. The fraction of sp³-hybridized carbons (Fsp3) is 1.00. The lowest BCUT2D eigenvalue weighted by molar-refractivity contribution is -0.157. The molecule has 8 unspecified atom stereocenters. The Kier molecular flexibility index (Phi) is 11.2. The minimum absolute atomic E-state index is 0.879. The highest BCUT2D eigenvalue weighted by molar-refractivity contribution is 5.11. The van der Waals surface area contributed by atoms with Gasteiger partial charge in [0.15, 0.2) is 0 Å². The van der Waals surface area contributed by atoms with Crippen LogP contribution in [0.4, 0.5) is 0 Å². The highest BCUT2D eigenvalue weighted by atomic mass is 15.3. The van der Waals surface area contributed by atoms with E-state index < -0.39 is 0 Å². The number of fused-ring (bicyclic) bond motifs is 2. The van der Waals surface area contributed by atoms with Crippen LogP contribution in [0.5, 0.6) is 0 Å². The molecule has 0 spiro atoms. The lowest BCUT2D eigenvalue weighted by Gasteiger charge is -2.65. The molecular weight excluding hydrogens is 556 g/mol. The molecule has 7 rings (SSSR count). The maximum Gasteiger partial charge on any atom is 0.0164 e. The topological polar surface area (TPSA) is 6.48 Å². The van der Waals surface area contributed by atoms with E-state index in [1.165, 1.54) is 116 Å². The van der Waals surface area contributed by atoms with Crippen LogP contribution in [0.15, 0.2) is 0 Å². The van der Waals surface area contributed by atoms with E-state index in [4.69, 9.17) is 0 Å². The molecule has 7 saturated carbocycles. The third kappa shape index (κ3) is 7.21. The first-order valence-corrected chi connectivity index (χ1v) is 21.8. The summed E-state index contributed by atoms with van der Waals surface area (Å²) in [6.45, 7) is 15.5. The molecule has 0 heterocycles. The Morgan fingerprint density at radius 3 is 0.761 bits per heavy atom. The van der Waals surface area contributed by atoms with Crippen LogP contribution in [0.1, 0.15) is 183 Å². The van der Waals surface area contributed by atoms with E-state index in [-0.39, 0.29) is 0 Å². The van der Waals surface area contributed by atoms with Crippen LogP contribution in [-0.2, 0) is 0 Å². The molecule has 0 amide bonds. The van der Waals surface area contributed by atoms with E-state index in [9.17, 15) is 0 Å². The lowest BCUT2D eigenvalue weighted by Crippen LogP contribution is -2.69. The van der Waals surface area contributed by atoms with Gasteiger partial charge in [0.2, 0.25) is 0 Å². The third-order valence-corrected chi connectivity index (χ3v) is 16.5. The Balaban J connectivity index is 1.28. The van der Waals surface area contributed by atoms with Gasteiger partial charge in [0.05, 0.1) is 0 Å². The van der Waals surface area contributed by atoms with Crippen LogP contribution >= 0.6 is 0 Å². The largest absolute Gasteiger partial charge is 0.294 e. The van der Waals surface area contributed by atoms with Crippen LogP contribution in [-0.4, -0.2) is 46.1 Å². The number of nitrogens with zero attached hydrogens (tertiary/aromatic N) is 2. The second-order valence-corrected chi connectivity index (χ2v) is 20.0. The molecule has 2 heteroatoms. The van der Waals surface area contributed by atoms with Gasteiger partial charge in [-0.3, -0.25) is 9.80 Å². The predicted octanol–water partition coefficient (Wildman–Crippen LogP) is 11.8. The summed E-state index contributed by atoms with van der Waals surface area (Å²) in [5.41, 5.74) is 0. The first-order chi connectivity index (χ1) is 22.3. The molecule has 0 N–H and O–H groups in total. The summed E-state index contributed by atoms with van der Waals surface area (Å²) in [5.74, 6) is 9.51. The van der Waals surface area contributed by atoms with Gasteiger partial charge in [-0.2, -0.15) is 0 Å². The number of rotatable bonds is 6. The molecule has 0 aromatic carbocycles. The van der Waals surface area contributed by atoms with Gasteiger partial charge in [0.25, 0.3) is 0 Å². The van der Waals surface area contributed by atoms with Gasteiger partial charge in [0.1, 0.15) is 0 Å². The fourth-order valence-electron chi connectivity index (χ4n) is 13.8. The van der Waals surface area contributed by atoms with E-state index in [2.05, 4.69) is 51.3 Å². The molecular formula is C44H78N2. The molecule has 7 aliphatic rings. The number of hydrogen-bond acceptors (Lipinski definition) is 2. The molecule has 0 saturated heterocycles. The maximum absolute atomic E-state index is 3.44. The molecule has 2 nitrogen and oxygen atoms in total. The van der Waals surface area contributed by atoms with Crippen molar-refractivity contribution in [2.75, 3.05) is 0 Å². The smallest absolute Gasteiger partial charge is 0.0164 e. The Morgan fingerprint density at radius 2 is 0.500 bits per heavy atom. The highest BCUT2D eigenvalue weighted by Crippen LogP contribution is 2.58. The minimum atomic E-state index is 0.879. The maximum atomic E-state index is 3.44. The van der Waals surface area contributed by atoms with Gasteiger partial charge in [0, 0.05) is 36.3 Å². The SMILES string of the molecule is CC1CCC(N(C2CCC(C)CC2)C2C3CCC(C)CC3C(N(C3CCC(C)CC3)C3CCC(C)CC3)C3CCC(C)CC32)CC1. The van der Waals surface area contributed by atoms with Crippen molar-refractivity contribution in [3.63, 3.8) is 0 Å². The van der Waals surface area contributed by atoms with E-state index >= 15 is 0 Å². The summed E-state index contributed by atoms with van der Waals surface area (Å²) in [4.78, 5) is 6.87. The zero-order chi connectivity index (χ0) is 31.9. The van der Waals surface area contributed by atoms with Crippen molar-refractivity contribution in [3.8, 4) is 0 Å². The Bertz CT molecular complexity index is 810. The van der Waals surface area contributed by atoms with E-state index in [0.29, 0.717) is 0 Å². The van der Waals surface area contributed by atoms with Crippen molar-refractivity contribution in [2.45, 2.75) is 219 Å². The fourth-order valence-corrected chi connectivity index (χ4v) is 13.8. The van der Waals surface area contributed by atoms with Crippen LogP contribution in [0.25, 0.3) is 0 Å². The quantitative estimate of drug-likeness (QED) is 0.287. The van der Waals surface area contributed by atoms with Gasteiger partial charge < -0.3 is 0 Å². The lowest BCUT2D eigenvalue weighted by atomic mass is 9.51. The molecule has 7 aliphatic carbocycles. The Hall–Kier alpha value is -0.0800. The molecule has 264 valence electrons. The average Bonchev–Trinajstić information content (AvgIpc) is 3.05. The van der Waals surface area contributed by atoms with E-state index in [0.717, 1.165) is 95.4 Å². The van der Waals surface area contributed by atoms with Crippen molar-refractivity contribution in [1.82, 2.24) is 9.80 Å². The van der Waals surface area contributed by atoms with Crippen molar-refractivity contribution < 1.29 is 0 Å². The summed E-state index contributed by atoms with van der Waals surface area (Å²) < 4.78 is 0. The Labute approximate surface area is 287 Å². The van der Waals surface area contributed by atoms with Crippen molar-refractivity contribution >= 4 is 0 Å². The molecule has 0 aromatic heterocycles. The monoisotopic (exact) mass is 635 g/mol. The second-order valence-electron chi connectivity index (χ2n) is 20.0. The molecule has 7 fully saturated rings. The van der Waals surface area contributed by atoms with Crippen LogP contribution in [0, 0.1) is 59.2 Å². The van der Waals surface area contributed by atoms with Gasteiger partial charge in [-0.25, -0.2) is 0 Å². The molecule has 46 heavy (non-hydrogen) atoms. The summed E-state index contributed by atoms with van der Waals surface area (Å²) in [5, 5.41) is 0. The minimum Gasteiger partial charge on any atom is -0.294 e. The summed E-state index contributed by atoms with van der Waals surface area (Å²) in [7, 11) is 0. The van der Waals surface area contributed by atoms with Gasteiger partial charge >= 0.3 is 0 Å². The second kappa shape index (κ2) is 15.0. The molecule has 0 radical (unpaired) electrons. The van der Waals surface area contributed by atoms with Crippen molar-refractivity contribution in [2.24, 2.45) is 59.2 Å². The third-order valence-electron chi connectivity index (χ3n) is 16.5. The highest BCUT2D eigenvalue weighted by Gasteiger charge is 2.58. The molecule has 0 aliphatic heterocycles. The van der Waals surface area contributed by atoms with Crippen molar-refractivity contribution in [3.05, 3.63) is 0 Å². The zero-order valence-electron chi connectivity index (χ0n) is 31.7. The van der Waals surface area contributed by atoms with Crippen molar-refractivity contribution in [1.29, 1.82) is 0 Å². The standard InChI is InChI=1S/C44H78N2/c1-29-7-17-35(18-8-29)45(36-19-9-30(2)10-20-36)43-39-25-15-34(6)28-42(39)44(40-26-16-33(5)27-41(40)43)46(37-21-11-31(3)12-22-37)38-23-13-32(4)14-24-38/h29-44H,7-28H2,1-6H3. The van der Waals surface area contributed by atoms with Crippen LogP contribution < -0.4 is 0 Å². The average molecular weight is 635 g/mol. The first kappa shape index (κ1) is 34.4.